The number of anilines is 3. The number of hydrogen-bond donors (Lipinski definition) is 3. The molecule has 0 spiro atoms. The first-order valence-corrected chi connectivity index (χ1v) is 10.5. The topological polar surface area (TPSA) is 112 Å². The summed E-state index contributed by atoms with van der Waals surface area (Å²) >= 11 is 0. The lowest BCUT2D eigenvalue weighted by molar-refractivity contribution is 0.0698. The molecule has 31 heavy (non-hydrogen) atoms. The van der Waals surface area contributed by atoms with Crippen LogP contribution >= 0.6 is 0 Å². The number of aromatic nitrogens is 2. The van der Waals surface area contributed by atoms with E-state index >= 15 is 0 Å². The Morgan fingerprint density at radius 2 is 2.19 bits per heavy atom. The van der Waals surface area contributed by atoms with Crippen LogP contribution in [0, 0.1) is 30.1 Å². The number of hydrogen-bond acceptors (Lipinski definition) is 8. The van der Waals surface area contributed by atoms with Gasteiger partial charge in [-0.2, -0.15) is 10.2 Å². The van der Waals surface area contributed by atoms with Crippen molar-refractivity contribution in [3.8, 4) is 11.8 Å². The Kier molecular flexibility index (Phi) is 6.12. The van der Waals surface area contributed by atoms with Crippen molar-refractivity contribution < 1.29 is 14.4 Å². The number of nitriles is 1. The van der Waals surface area contributed by atoms with Crippen molar-refractivity contribution in [2.45, 2.75) is 33.2 Å². The third-order valence-corrected chi connectivity index (χ3v) is 5.55. The lowest BCUT2D eigenvalue weighted by atomic mass is 9.78. The van der Waals surface area contributed by atoms with E-state index in [0.717, 1.165) is 22.4 Å². The average molecular weight is 419 g/mol. The number of benzene rings is 1. The summed E-state index contributed by atoms with van der Waals surface area (Å²) in [5.41, 5.74) is 3.68. The minimum Gasteiger partial charge on any atom is -0.532 e. The molecule has 160 valence electrons. The monoisotopic (exact) mass is 419 g/mol. The van der Waals surface area contributed by atoms with E-state index in [0.29, 0.717) is 37.2 Å². The second-order valence-corrected chi connectivity index (χ2v) is 8.20. The summed E-state index contributed by atoms with van der Waals surface area (Å²) in [6.07, 6.45) is 2.46. The third kappa shape index (κ3) is 4.65. The third-order valence-electron chi connectivity index (χ3n) is 5.55. The normalized spacial score (nSPS) is 20.4. The van der Waals surface area contributed by atoms with Gasteiger partial charge in [0.15, 0.2) is 0 Å². The van der Waals surface area contributed by atoms with E-state index in [2.05, 4.69) is 40.5 Å². The molecule has 0 saturated carbocycles. The minimum atomic E-state index is -0.932. The van der Waals surface area contributed by atoms with Gasteiger partial charge in [0.2, 0.25) is 5.95 Å². The van der Waals surface area contributed by atoms with Gasteiger partial charge in [-0.15, -0.1) is 0 Å². The first kappa shape index (κ1) is 21.2. The highest BCUT2D eigenvalue weighted by molar-refractivity contribution is 6.52. The number of ether oxygens (including phenoxy) is 1. The highest BCUT2D eigenvalue weighted by Gasteiger charge is 2.27. The van der Waals surface area contributed by atoms with Crippen molar-refractivity contribution in [2.24, 2.45) is 11.8 Å². The van der Waals surface area contributed by atoms with E-state index in [-0.39, 0.29) is 17.9 Å². The van der Waals surface area contributed by atoms with Crippen molar-refractivity contribution in [3.05, 3.63) is 41.5 Å². The summed E-state index contributed by atoms with van der Waals surface area (Å²) in [4.78, 5) is 9.02. The zero-order valence-electron chi connectivity index (χ0n) is 17.9. The molecule has 9 heteroatoms. The lowest BCUT2D eigenvalue weighted by Crippen LogP contribution is -2.38. The van der Waals surface area contributed by atoms with Gasteiger partial charge in [-0.05, 0) is 49.0 Å². The second kappa shape index (κ2) is 8.96. The molecular formula is C22H26BN5O3. The van der Waals surface area contributed by atoms with Crippen LogP contribution in [0.4, 0.5) is 17.5 Å². The Balaban J connectivity index is 1.56. The van der Waals surface area contributed by atoms with Crippen LogP contribution in [0.2, 0.25) is 0 Å². The molecule has 0 unspecified atom stereocenters. The predicted octanol–water partition coefficient (Wildman–Crippen LogP) is 3.32. The molecular weight excluding hydrogens is 393 g/mol. The predicted molar refractivity (Wildman–Crippen MR) is 120 cm³/mol. The van der Waals surface area contributed by atoms with Crippen LogP contribution in [0.1, 0.15) is 31.4 Å². The van der Waals surface area contributed by atoms with Crippen molar-refractivity contribution in [3.63, 3.8) is 0 Å². The van der Waals surface area contributed by atoms with Crippen LogP contribution in [0.25, 0.3) is 5.57 Å². The first-order chi connectivity index (χ1) is 14.9. The van der Waals surface area contributed by atoms with E-state index < -0.39 is 7.12 Å². The van der Waals surface area contributed by atoms with Crippen LogP contribution in [0.15, 0.2) is 30.4 Å². The fourth-order valence-electron chi connectivity index (χ4n) is 3.83. The van der Waals surface area contributed by atoms with Gasteiger partial charge < -0.3 is 25.0 Å². The SMILES string of the molecule is Cc1cnc(Nc2ccc3c(c2)C(C(C)C)=CB(O)O3)nc1N[C@H]1COCC[C@@H]1C#N. The Bertz CT molecular complexity index is 1040. The Labute approximate surface area is 182 Å². The zero-order chi connectivity index (χ0) is 22.0. The maximum absolute atomic E-state index is 9.94. The number of allylic oxidation sites excluding steroid dienone is 1. The molecule has 2 atom stereocenters. The fourth-order valence-corrected chi connectivity index (χ4v) is 3.83. The van der Waals surface area contributed by atoms with Gasteiger partial charge in [0.25, 0.3) is 0 Å². The summed E-state index contributed by atoms with van der Waals surface area (Å²) in [7, 11) is -0.932. The molecule has 3 heterocycles. The lowest BCUT2D eigenvalue weighted by Gasteiger charge is -2.28. The number of rotatable bonds is 5. The average Bonchev–Trinajstić information content (AvgIpc) is 2.76. The van der Waals surface area contributed by atoms with Crippen molar-refractivity contribution in [2.75, 3.05) is 23.8 Å². The van der Waals surface area contributed by atoms with Crippen LogP contribution in [-0.2, 0) is 4.74 Å². The highest BCUT2D eigenvalue weighted by atomic mass is 16.5. The van der Waals surface area contributed by atoms with Crippen LogP contribution < -0.4 is 15.3 Å². The summed E-state index contributed by atoms with van der Waals surface area (Å²) in [5.74, 6) is 3.64. The molecule has 2 aromatic rings. The standard InChI is InChI=1S/C22H26BN5O3/c1-13(2)18-9-23(29)31-20-5-4-16(8-17(18)20)26-22-25-11-14(3)21(28-22)27-19-12-30-7-6-15(19)10-24/h4-5,8-9,11,13,15,19,29H,6-7,12H2,1-3H3,(H2,25,26,27,28)/t15-,19+/m1/s1. The van der Waals surface area contributed by atoms with Gasteiger partial charge >= 0.3 is 7.12 Å². The molecule has 1 fully saturated rings. The van der Waals surface area contributed by atoms with Crippen LogP contribution in [-0.4, -0.2) is 41.4 Å². The molecule has 0 radical (unpaired) electrons. The molecule has 0 aliphatic carbocycles. The van der Waals surface area contributed by atoms with Gasteiger partial charge in [0.05, 0.1) is 24.6 Å². The van der Waals surface area contributed by atoms with Gasteiger partial charge in [0.1, 0.15) is 11.6 Å². The van der Waals surface area contributed by atoms with E-state index in [1.807, 2.05) is 25.1 Å². The smallest absolute Gasteiger partial charge is 0.532 e. The quantitative estimate of drug-likeness (QED) is 0.633. The van der Waals surface area contributed by atoms with Crippen LogP contribution in [0.3, 0.4) is 0 Å². The molecule has 1 saturated heterocycles. The zero-order valence-corrected chi connectivity index (χ0v) is 17.9. The van der Waals surface area contributed by atoms with Crippen molar-refractivity contribution in [1.82, 2.24) is 9.97 Å². The van der Waals surface area contributed by atoms with E-state index in [1.54, 1.807) is 12.2 Å². The van der Waals surface area contributed by atoms with E-state index in [4.69, 9.17) is 9.39 Å². The minimum absolute atomic E-state index is 0.105. The van der Waals surface area contributed by atoms with Gasteiger partial charge in [0, 0.05) is 29.6 Å². The second-order valence-electron chi connectivity index (χ2n) is 8.20. The van der Waals surface area contributed by atoms with E-state index in [1.165, 1.54) is 0 Å². The highest BCUT2D eigenvalue weighted by Crippen LogP contribution is 2.37. The molecule has 0 amide bonds. The Morgan fingerprint density at radius 3 is 2.97 bits per heavy atom. The first-order valence-electron chi connectivity index (χ1n) is 10.5. The molecule has 2 aliphatic heterocycles. The molecule has 0 bridgehead atoms. The number of fused-ring (bicyclic) bond motifs is 1. The molecule has 8 nitrogen and oxygen atoms in total. The molecule has 1 aromatic carbocycles. The summed E-state index contributed by atoms with van der Waals surface area (Å²) in [6, 6.07) is 7.93. The summed E-state index contributed by atoms with van der Waals surface area (Å²) in [6.45, 7) is 7.18. The largest absolute Gasteiger partial charge is 0.552 e. The van der Waals surface area contributed by atoms with Gasteiger partial charge in [-0.3, -0.25) is 0 Å². The van der Waals surface area contributed by atoms with Crippen LogP contribution in [0.5, 0.6) is 5.75 Å². The van der Waals surface area contributed by atoms with Gasteiger partial charge in [-0.1, -0.05) is 13.8 Å². The fraction of sp³-hybridized carbons (Fsp3) is 0.409. The molecule has 2 aliphatic rings. The van der Waals surface area contributed by atoms with Crippen molar-refractivity contribution in [1.29, 1.82) is 5.26 Å². The number of nitrogens with one attached hydrogen (secondary N) is 2. The Morgan fingerprint density at radius 1 is 1.35 bits per heavy atom. The number of aryl methyl sites for hydroxylation is 1. The Hall–Kier alpha value is -3.09. The maximum Gasteiger partial charge on any atom is 0.552 e. The van der Waals surface area contributed by atoms with E-state index in [9.17, 15) is 10.3 Å². The van der Waals surface area contributed by atoms with Gasteiger partial charge in [-0.25, -0.2) is 4.98 Å². The molecule has 4 rings (SSSR count). The molecule has 1 aromatic heterocycles. The maximum atomic E-state index is 9.94. The molecule has 3 N–H and O–H groups in total. The summed E-state index contributed by atoms with van der Waals surface area (Å²) < 4.78 is 11.1. The van der Waals surface area contributed by atoms with Crippen molar-refractivity contribution >= 4 is 30.1 Å². The summed E-state index contributed by atoms with van der Waals surface area (Å²) in [5, 5.41) is 26.0. The number of nitrogens with zero attached hydrogens (tertiary/aromatic N) is 3.